The molecule has 0 aromatic carbocycles. The molecule has 0 saturated heterocycles. The highest BCUT2D eigenvalue weighted by molar-refractivity contribution is 5.44. The van der Waals surface area contributed by atoms with Gasteiger partial charge in [0.25, 0.3) is 6.43 Å². The normalized spacial score (nSPS) is 11.9. The van der Waals surface area contributed by atoms with Gasteiger partial charge in [0.05, 0.1) is 6.54 Å². The van der Waals surface area contributed by atoms with E-state index in [1.54, 1.807) is 0 Å². The second-order valence-electron chi connectivity index (χ2n) is 4.98. The number of fused-ring (bicyclic) bond motifs is 1. The molecule has 0 aliphatic heterocycles. The van der Waals surface area contributed by atoms with Crippen LogP contribution in [0, 0.1) is 0 Å². The standard InChI is InChI=1S/C14H11F5N6O/c15-11(16)12-23-22-10-4-3-9(24-25(10)12)20-6-7-26-13-8(14(17,18)19)2-1-5-21-13/h1-5,11H,6-7H2,(H,20,24). The number of nitrogens with zero attached hydrogens (tertiary/aromatic N) is 5. The van der Waals surface area contributed by atoms with Crippen LogP contribution < -0.4 is 10.1 Å². The fourth-order valence-corrected chi connectivity index (χ4v) is 2.08. The van der Waals surface area contributed by atoms with Crippen molar-refractivity contribution in [3.63, 3.8) is 0 Å². The lowest BCUT2D eigenvalue weighted by atomic mass is 10.2. The molecular weight excluding hydrogens is 363 g/mol. The summed E-state index contributed by atoms with van der Waals surface area (Å²) in [7, 11) is 0. The Kier molecular flexibility index (Phi) is 4.82. The van der Waals surface area contributed by atoms with Gasteiger partial charge in [0.2, 0.25) is 11.7 Å². The number of anilines is 1. The number of halogens is 5. The molecule has 0 radical (unpaired) electrons. The van der Waals surface area contributed by atoms with E-state index in [0.29, 0.717) is 0 Å². The fraction of sp³-hybridized carbons (Fsp3) is 0.286. The van der Waals surface area contributed by atoms with E-state index in [0.717, 1.165) is 16.6 Å². The fourth-order valence-electron chi connectivity index (χ4n) is 2.08. The van der Waals surface area contributed by atoms with Crippen molar-refractivity contribution < 1.29 is 26.7 Å². The molecule has 138 valence electrons. The first-order valence-corrected chi connectivity index (χ1v) is 7.25. The van der Waals surface area contributed by atoms with Gasteiger partial charge in [0, 0.05) is 6.20 Å². The van der Waals surface area contributed by atoms with E-state index in [9.17, 15) is 22.0 Å². The van der Waals surface area contributed by atoms with Gasteiger partial charge in [-0.1, -0.05) is 0 Å². The number of ether oxygens (including phenoxy) is 1. The molecule has 0 unspecified atom stereocenters. The SMILES string of the molecule is FC(F)c1nnc2ccc(NCCOc3ncccc3C(F)(F)F)nn12. The van der Waals surface area contributed by atoms with Gasteiger partial charge >= 0.3 is 6.18 Å². The smallest absolute Gasteiger partial charge is 0.421 e. The van der Waals surface area contributed by atoms with Crippen molar-refractivity contribution in [2.45, 2.75) is 12.6 Å². The molecule has 0 aliphatic carbocycles. The lowest BCUT2D eigenvalue weighted by Crippen LogP contribution is -2.16. The predicted octanol–water partition coefficient (Wildman–Crippen LogP) is 2.97. The highest BCUT2D eigenvalue weighted by atomic mass is 19.4. The number of aromatic nitrogens is 5. The maximum atomic E-state index is 12.8. The molecule has 7 nitrogen and oxygen atoms in total. The summed E-state index contributed by atoms with van der Waals surface area (Å²) in [4.78, 5) is 3.57. The topological polar surface area (TPSA) is 77.2 Å². The third-order valence-electron chi connectivity index (χ3n) is 3.21. The first-order chi connectivity index (χ1) is 12.4. The first-order valence-electron chi connectivity index (χ1n) is 7.25. The minimum atomic E-state index is -4.58. The van der Waals surface area contributed by atoms with Crippen LogP contribution in [0.4, 0.5) is 27.8 Å². The molecule has 0 saturated carbocycles. The van der Waals surface area contributed by atoms with Crippen LogP contribution in [-0.2, 0) is 6.18 Å². The summed E-state index contributed by atoms with van der Waals surface area (Å²) in [6, 6.07) is 4.92. The second-order valence-corrected chi connectivity index (χ2v) is 4.98. The Morgan fingerprint density at radius 1 is 1.15 bits per heavy atom. The van der Waals surface area contributed by atoms with Crippen LogP contribution in [0.3, 0.4) is 0 Å². The van der Waals surface area contributed by atoms with Crippen LogP contribution >= 0.6 is 0 Å². The van der Waals surface area contributed by atoms with E-state index in [2.05, 4.69) is 25.6 Å². The largest absolute Gasteiger partial charge is 0.475 e. The van der Waals surface area contributed by atoms with Gasteiger partial charge in [-0.15, -0.1) is 15.3 Å². The van der Waals surface area contributed by atoms with Crippen molar-refractivity contribution in [2.24, 2.45) is 0 Å². The highest BCUT2D eigenvalue weighted by Crippen LogP contribution is 2.34. The Morgan fingerprint density at radius 2 is 1.96 bits per heavy atom. The summed E-state index contributed by atoms with van der Waals surface area (Å²) in [5.41, 5.74) is -0.837. The Balaban J connectivity index is 1.63. The number of hydrogen-bond donors (Lipinski definition) is 1. The number of nitrogens with one attached hydrogen (secondary N) is 1. The number of rotatable bonds is 6. The molecule has 0 aliphatic rings. The summed E-state index contributed by atoms with van der Waals surface area (Å²) in [6.45, 7) is -0.0811. The number of alkyl halides is 5. The zero-order valence-corrected chi connectivity index (χ0v) is 12.9. The third-order valence-corrected chi connectivity index (χ3v) is 3.21. The minimum Gasteiger partial charge on any atom is -0.475 e. The Morgan fingerprint density at radius 3 is 2.69 bits per heavy atom. The van der Waals surface area contributed by atoms with E-state index in [1.807, 2.05) is 0 Å². The van der Waals surface area contributed by atoms with Crippen LogP contribution in [0.1, 0.15) is 17.8 Å². The third kappa shape index (κ3) is 3.78. The van der Waals surface area contributed by atoms with Gasteiger partial charge in [0.1, 0.15) is 18.0 Å². The monoisotopic (exact) mass is 374 g/mol. The van der Waals surface area contributed by atoms with E-state index >= 15 is 0 Å². The van der Waals surface area contributed by atoms with Crippen molar-refractivity contribution in [3.05, 3.63) is 41.9 Å². The Hall–Kier alpha value is -3.05. The van der Waals surface area contributed by atoms with Crippen molar-refractivity contribution in [2.75, 3.05) is 18.5 Å². The maximum absolute atomic E-state index is 12.8. The van der Waals surface area contributed by atoms with Gasteiger partial charge < -0.3 is 10.1 Å². The molecule has 3 rings (SSSR count). The maximum Gasteiger partial charge on any atom is 0.421 e. The van der Waals surface area contributed by atoms with Crippen LogP contribution in [0.25, 0.3) is 5.65 Å². The Bertz CT molecular complexity index is 897. The average Bonchev–Trinajstić information content (AvgIpc) is 3.01. The van der Waals surface area contributed by atoms with Crippen molar-refractivity contribution >= 4 is 11.5 Å². The summed E-state index contributed by atoms with van der Waals surface area (Å²) >= 11 is 0. The molecule has 3 aromatic heterocycles. The van der Waals surface area contributed by atoms with Gasteiger partial charge in [-0.25, -0.2) is 13.8 Å². The van der Waals surface area contributed by atoms with E-state index in [1.165, 1.54) is 18.3 Å². The molecule has 0 amide bonds. The molecule has 0 spiro atoms. The lowest BCUT2D eigenvalue weighted by molar-refractivity contribution is -0.139. The Labute approximate surface area is 142 Å². The van der Waals surface area contributed by atoms with Crippen LogP contribution in [0.2, 0.25) is 0 Å². The first kappa shape index (κ1) is 17.8. The van der Waals surface area contributed by atoms with Crippen LogP contribution in [-0.4, -0.2) is 37.9 Å². The van der Waals surface area contributed by atoms with Crippen molar-refractivity contribution in [1.82, 2.24) is 24.8 Å². The van der Waals surface area contributed by atoms with Gasteiger partial charge in [-0.2, -0.15) is 17.7 Å². The second kappa shape index (κ2) is 7.06. The summed E-state index contributed by atoms with van der Waals surface area (Å²) < 4.78 is 70.0. The van der Waals surface area contributed by atoms with Gasteiger partial charge in [-0.3, -0.25) is 0 Å². The highest BCUT2D eigenvalue weighted by Gasteiger charge is 2.34. The molecule has 3 heterocycles. The molecule has 26 heavy (non-hydrogen) atoms. The van der Waals surface area contributed by atoms with Crippen molar-refractivity contribution in [3.8, 4) is 5.88 Å². The zero-order valence-electron chi connectivity index (χ0n) is 12.9. The summed E-state index contributed by atoms with van der Waals surface area (Å²) in [5.74, 6) is -0.938. The lowest BCUT2D eigenvalue weighted by Gasteiger charge is -2.12. The minimum absolute atomic E-state index is 0.0680. The van der Waals surface area contributed by atoms with E-state index in [-0.39, 0.29) is 24.6 Å². The van der Waals surface area contributed by atoms with Crippen LogP contribution in [0.15, 0.2) is 30.5 Å². The van der Waals surface area contributed by atoms with Crippen molar-refractivity contribution in [1.29, 1.82) is 0 Å². The summed E-state index contributed by atoms with van der Waals surface area (Å²) in [5, 5.41) is 13.6. The van der Waals surface area contributed by atoms with E-state index in [4.69, 9.17) is 4.74 Å². The summed E-state index contributed by atoms with van der Waals surface area (Å²) in [6.07, 6.45) is -6.24. The van der Waals surface area contributed by atoms with E-state index < -0.39 is 29.9 Å². The average molecular weight is 374 g/mol. The number of hydrogen-bond acceptors (Lipinski definition) is 6. The predicted molar refractivity (Wildman–Crippen MR) is 79.0 cm³/mol. The molecule has 1 N–H and O–H groups in total. The van der Waals surface area contributed by atoms with Crippen LogP contribution in [0.5, 0.6) is 5.88 Å². The molecule has 0 fully saturated rings. The molecule has 3 aromatic rings. The zero-order chi connectivity index (χ0) is 18.7. The molecule has 0 atom stereocenters. The molecule has 0 bridgehead atoms. The molecule has 12 heteroatoms. The van der Waals surface area contributed by atoms with Gasteiger partial charge in [-0.05, 0) is 24.3 Å². The molecular formula is C14H11F5N6O. The number of pyridine rings is 1. The van der Waals surface area contributed by atoms with Gasteiger partial charge in [0.15, 0.2) is 5.65 Å². The quantitative estimate of drug-likeness (QED) is 0.528.